The zero-order valence-corrected chi connectivity index (χ0v) is 19.0. The summed E-state index contributed by atoms with van der Waals surface area (Å²) in [5, 5.41) is 3.30. The van der Waals surface area contributed by atoms with Crippen LogP contribution in [-0.4, -0.2) is 79.4 Å². The molecule has 0 spiro atoms. The van der Waals surface area contributed by atoms with Gasteiger partial charge in [0.15, 0.2) is 5.96 Å². The SMILES string of the molecule is CCNC(=NCC1CCN(Cc2ccccc2F)CC1)N(C)CC(=O)N(CC)CC. The highest BCUT2D eigenvalue weighted by atomic mass is 19.1. The maximum atomic E-state index is 13.9. The minimum atomic E-state index is -0.123. The first-order chi connectivity index (χ1) is 14.5. The number of nitrogens with one attached hydrogen (secondary N) is 1. The number of halogens is 1. The van der Waals surface area contributed by atoms with Gasteiger partial charge in [0, 0.05) is 45.3 Å². The van der Waals surface area contributed by atoms with E-state index in [0.717, 1.165) is 63.6 Å². The Morgan fingerprint density at radius 1 is 1.20 bits per heavy atom. The lowest BCUT2D eigenvalue weighted by Gasteiger charge is -2.32. The number of guanidine groups is 1. The molecular weight excluding hydrogens is 381 g/mol. The van der Waals surface area contributed by atoms with Crippen LogP contribution in [0.25, 0.3) is 0 Å². The van der Waals surface area contributed by atoms with Crippen molar-refractivity contribution in [1.29, 1.82) is 0 Å². The third-order valence-corrected chi connectivity index (χ3v) is 5.74. The molecule has 0 radical (unpaired) electrons. The second-order valence-corrected chi connectivity index (χ2v) is 7.93. The fourth-order valence-electron chi connectivity index (χ4n) is 3.83. The van der Waals surface area contributed by atoms with E-state index in [0.29, 0.717) is 19.0 Å². The van der Waals surface area contributed by atoms with Crippen molar-refractivity contribution in [3.05, 3.63) is 35.6 Å². The van der Waals surface area contributed by atoms with Gasteiger partial charge in [-0.2, -0.15) is 0 Å². The molecule has 1 N–H and O–H groups in total. The molecule has 1 fully saturated rings. The highest BCUT2D eigenvalue weighted by Gasteiger charge is 2.21. The van der Waals surface area contributed by atoms with E-state index < -0.39 is 0 Å². The Hall–Kier alpha value is -2.15. The normalized spacial score (nSPS) is 15.8. The van der Waals surface area contributed by atoms with Crippen LogP contribution in [0.3, 0.4) is 0 Å². The Morgan fingerprint density at radius 3 is 2.47 bits per heavy atom. The van der Waals surface area contributed by atoms with Gasteiger partial charge < -0.3 is 15.1 Å². The molecule has 30 heavy (non-hydrogen) atoms. The van der Waals surface area contributed by atoms with Crippen LogP contribution < -0.4 is 5.32 Å². The third kappa shape index (κ3) is 7.27. The highest BCUT2D eigenvalue weighted by molar-refractivity contribution is 5.86. The van der Waals surface area contributed by atoms with Crippen molar-refractivity contribution in [3.8, 4) is 0 Å². The van der Waals surface area contributed by atoms with Gasteiger partial charge in [0.2, 0.25) is 5.91 Å². The van der Waals surface area contributed by atoms with E-state index in [-0.39, 0.29) is 11.7 Å². The largest absolute Gasteiger partial charge is 0.357 e. The van der Waals surface area contributed by atoms with Gasteiger partial charge in [0.25, 0.3) is 0 Å². The van der Waals surface area contributed by atoms with Gasteiger partial charge in [-0.25, -0.2) is 4.39 Å². The van der Waals surface area contributed by atoms with Gasteiger partial charge >= 0.3 is 0 Å². The van der Waals surface area contributed by atoms with Gasteiger partial charge in [-0.15, -0.1) is 0 Å². The summed E-state index contributed by atoms with van der Waals surface area (Å²) in [5.74, 6) is 1.30. The number of carbonyl (C=O) groups excluding carboxylic acids is 1. The van der Waals surface area contributed by atoms with Crippen molar-refractivity contribution in [1.82, 2.24) is 20.0 Å². The number of hydrogen-bond donors (Lipinski definition) is 1. The molecule has 6 nitrogen and oxygen atoms in total. The molecule has 0 aliphatic carbocycles. The number of carbonyl (C=O) groups is 1. The minimum Gasteiger partial charge on any atom is -0.357 e. The lowest BCUT2D eigenvalue weighted by atomic mass is 9.96. The summed E-state index contributed by atoms with van der Waals surface area (Å²) in [4.78, 5) is 23.3. The molecule has 1 aliphatic heterocycles. The molecule has 7 heteroatoms. The fourth-order valence-corrected chi connectivity index (χ4v) is 3.83. The van der Waals surface area contributed by atoms with E-state index >= 15 is 0 Å². The molecule has 0 unspecified atom stereocenters. The van der Waals surface area contributed by atoms with Gasteiger partial charge in [-0.05, 0) is 58.7 Å². The molecule has 1 heterocycles. The van der Waals surface area contributed by atoms with Crippen molar-refractivity contribution in [2.45, 2.75) is 40.2 Å². The van der Waals surface area contributed by atoms with E-state index in [1.807, 2.05) is 49.8 Å². The Balaban J connectivity index is 1.85. The molecule has 0 atom stereocenters. The summed E-state index contributed by atoms with van der Waals surface area (Å²) < 4.78 is 13.9. The molecule has 0 saturated carbocycles. The quantitative estimate of drug-likeness (QED) is 0.494. The molecule has 1 aliphatic rings. The van der Waals surface area contributed by atoms with Crippen LogP contribution in [-0.2, 0) is 11.3 Å². The van der Waals surface area contributed by atoms with Gasteiger partial charge in [-0.1, -0.05) is 18.2 Å². The lowest BCUT2D eigenvalue weighted by molar-refractivity contribution is -0.131. The Bertz CT molecular complexity index is 684. The second kappa shape index (κ2) is 12.5. The number of amides is 1. The Morgan fingerprint density at radius 2 is 1.87 bits per heavy atom. The van der Waals surface area contributed by atoms with Crippen LogP contribution in [0.15, 0.2) is 29.3 Å². The van der Waals surface area contributed by atoms with Crippen molar-refractivity contribution >= 4 is 11.9 Å². The summed E-state index contributed by atoms with van der Waals surface area (Å²) >= 11 is 0. The van der Waals surface area contributed by atoms with Crippen LogP contribution in [0, 0.1) is 11.7 Å². The summed E-state index contributed by atoms with van der Waals surface area (Å²) in [6, 6.07) is 7.02. The first-order valence-electron chi connectivity index (χ1n) is 11.2. The second-order valence-electron chi connectivity index (χ2n) is 7.93. The molecule has 1 aromatic rings. The summed E-state index contributed by atoms with van der Waals surface area (Å²) in [7, 11) is 1.92. The van der Waals surface area contributed by atoms with Crippen LogP contribution in [0.4, 0.5) is 4.39 Å². The number of likely N-dealkylation sites (N-methyl/N-ethyl adjacent to an activating group) is 2. The van der Waals surface area contributed by atoms with Crippen molar-refractivity contribution in [2.75, 3.05) is 52.9 Å². The Kier molecular flexibility index (Phi) is 10.1. The van der Waals surface area contributed by atoms with Gasteiger partial charge in [0.1, 0.15) is 5.82 Å². The standard InChI is InChI=1S/C23H38FN5O/c1-5-25-23(27(4)18-22(30)29(6-2)7-3)26-16-19-12-14-28(15-13-19)17-20-10-8-9-11-21(20)24/h8-11,19H,5-7,12-18H2,1-4H3,(H,25,26). The monoisotopic (exact) mass is 419 g/mol. The number of likely N-dealkylation sites (tertiary alicyclic amines) is 1. The van der Waals surface area contributed by atoms with Crippen LogP contribution in [0.5, 0.6) is 0 Å². The lowest BCUT2D eigenvalue weighted by Crippen LogP contribution is -2.46. The maximum Gasteiger partial charge on any atom is 0.242 e. The smallest absolute Gasteiger partial charge is 0.242 e. The predicted molar refractivity (Wildman–Crippen MR) is 121 cm³/mol. The number of nitrogens with zero attached hydrogens (tertiary/aromatic N) is 4. The first kappa shape index (κ1) is 24.1. The number of piperidine rings is 1. The zero-order valence-electron chi connectivity index (χ0n) is 19.0. The van der Waals surface area contributed by atoms with E-state index in [4.69, 9.17) is 4.99 Å². The van der Waals surface area contributed by atoms with E-state index in [9.17, 15) is 9.18 Å². The van der Waals surface area contributed by atoms with Crippen molar-refractivity contribution < 1.29 is 9.18 Å². The van der Waals surface area contributed by atoms with Crippen LogP contribution in [0.2, 0.25) is 0 Å². The zero-order chi connectivity index (χ0) is 21.9. The van der Waals surface area contributed by atoms with Crippen molar-refractivity contribution in [2.24, 2.45) is 10.9 Å². The third-order valence-electron chi connectivity index (χ3n) is 5.74. The maximum absolute atomic E-state index is 13.9. The Labute approximate surface area is 181 Å². The number of aliphatic imine (C=N–C) groups is 1. The topological polar surface area (TPSA) is 51.2 Å². The predicted octanol–water partition coefficient (Wildman–Crippen LogP) is 2.80. The van der Waals surface area contributed by atoms with Crippen LogP contribution >= 0.6 is 0 Å². The van der Waals surface area contributed by atoms with Crippen molar-refractivity contribution in [3.63, 3.8) is 0 Å². The minimum absolute atomic E-state index is 0.120. The van der Waals surface area contributed by atoms with Crippen LogP contribution in [0.1, 0.15) is 39.2 Å². The molecule has 2 rings (SSSR count). The van der Waals surface area contributed by atoms with E-state index in [2.05, 4.69) is 10.2 Å². The van der Waals surface area contributed by atoms with Gasteiger partial charge in [-0.3, -0.25) is 14.7 Å². The molecule has 1 saturated heterocycles. The molecule has 168 valence electrons. The number of hydrogen-bond acceptors (Lipinski definition) is 3. The summed E-state index contributed by atoms with van der Waals surface area (Å²) in [5.41, 5.74) is 0.767. The molecule has 1 amide bonds. The first-order valence-corrected chi connectivity index (χ1v) is 11.2. The molecule has 1 aromatic carbocycles. The number of benzene rings is 1. The molecular formula is C23H38FN5O. The van der Waals surface area contributed by atoms with E-state index in [1.165, 1.54) is 6.07 Å². The van der Waals surface area contributed by atoms with Gasteiger partial charge in [0.05, 0.1) is 6.54 Å². The summed E-state index contributed by atoms with van der Waals surface area (Å²) in [6.45, 7) is 11.9. The average Bonchev–Trinajstić information content (AvgIpc) is 2.74. The molecule has 0 aromatic heterocycles. The average molecular weight is 420 g/mol. The van der Waals surface area contributed by atoms with E-state index in [1.54, 1.807) is 6.07 Å². The summed E-state index contributed by atoms with van der Waals surface area (Å²) in [6.07, 6.45) is 2.11. The fraction of sp³-hybridized carbons (Fsp3) is 0.652. The molecule has 0 bridgehead atoms. The number of rotatable bonds is 9. The highest BCUT2D eigenvalue weighted by Crippen LogP contribution is 2.20.